The van der Waals surface area contributed by atoms with E-state index in [1.54, 1.807) is 24.3 Å². The number of hydrogen-bond acceptors (Lipinski definition) is 6. The fourth-order valence-electron chi connectivity index (χ4n) is 2.94. The van der Waals surface area contributed by atoms with Crippen LogP contribution in [0, 0.1) is 0 Å². The summed E-state index contributed by atoms with van der Waals surface area (Å²) in [4.78, 5) is 12.4. The molecule has 8 heteroatoms. The number of carbonyl (C=O) groups excluding carboxylic acids is 1. The highest BCUT2D eigenvalue weighted by Crippen LogP contribution is 2.32. The number of anilines is 1. The molecule has 0 saturated carbocycles. The number of allylic oxidation sites excluding steroid dienone is 1. The van der Waals surface area contributed by atoms with Gasteiger partial charge in [0.05, 0.1) is 5.75 Å². The lowest BCUT2D eigenvalue weighted by Gasteiger charge is -2.19. The second-order valence-corrected chi connectivity index (χ2v) is 7.21. The number of nitrogens with zero attached hydrogens (tertiary/aromatic N) is 3. The molecule has 29 heavy (non-hydrogen) atoms. The van der Waals surface area contributed by atoms with E-state index in [4.69, 9.17) is 9.47 Å². The molecule has 0 fully saturated rings. The summed E-state index contributed by atoms with van der Waals surface area (Å²) >= 11 is 1.33. The molecule has 0 radical (unpaired) electrons. The van der Waals surface area contributed by atoms with Gasteiger partial charge >= 0.3 is 0 Å². The first-order chi connectivity index (χ1) is 14.2. The van der Waals surface area contributed by atoms with Crippen molar-refractivity contribution in [1.29, 1.82) is 0 Å². The van der Waals surface area contributed by atoms with E-state index in [9.17, 15) is 4.79 Å². The summed E-state index contributed by atoms with van der Waals surface area (Å²) in [6, 6.07) is 15.2. The van der Waals surface area contributed by atoms with E-state index in [2.05, 4.69) is 22.1 Å². The average molecular weight is 408 g/mol. The zero-order chi connectivity index (χ0) is 20.1. The molecule has 0 atom stereocenters. The molecule has 0 saturated heterocycles. The smallest absolute Gasteiger partial charge is 0.234 e. The zero-order valence-corrected chi connectivity index (χ0v) is 16.5. The van der Waals surface area contributed by atoms with Gasteiger partial charge in [-0.25, -0.2) is 0 Å². The lowest BCUT2D eigenvalue weighted by atomic mass is 10.2. The van der Waals surface area contributed by atoms with E-state index >= 15 is 0 Å². The third kappa shape index (κ3) is 4.43. The summed E-state index contributed by atoms with van der Waals surface area (Å²) in [5, 5.41) is 12.1. The third-order valence-corrected chi connectivity index (χ3v) is 5.19. The Hall–Kier alpha value is -3.26. The van der Waals surface area contributed by atoms with E-state index in [1.165, 1.54) is 11.8 Å². The molecule has 1 aliphatic heterocycles. The molecule has 0 spiro atoms. The topological polar surface area (TPSA) is 78.3 Å². The maximum Gasteiger partial charge on any atom is 0.234 e. The molecule has 0 aliphatic carbocycles. The number of benzene rings is 2. The first kappa shape index (κ1) is 19.1. The monoisotopic (exact) mass is 408 g/mol. The maximum absolute atomic E-state index is 12.4. The summed E-state index contributed by atoms with van der Waals surface area (Å²) in [5.41, 5.74) is 1.63. The largest absolute Gasteiger partial charge is 0.486 e. The Morgan fingerprint density at radius 1 is 1.14 bits per heavy atom. The van der Waals surface area contributed by atoms with Gasteiger partial charge in [0.2, 0.25) is 5.91 Å². The number of aromatic nitrogens is 3. The number of fused-ring (bicyclic) bond motifs is 1. The predicted octanol–water partition coefficient (Wildman–Crippen LogP) is 3.63. The summed E-state index contributed by atoms with van der Waals surface area (Å²) in [5.74, 6) is 2.15. The second-order valence-electron chi connectivity index (χ2n) is 6.27. The molecule has 1 amide bonds. The Labute approximate surface area is 172 Å². The fraction of sp³-hybridized carbons (Fsp3) is 0.190. The van der Waals surface area contributed by atoms with Gasteiger partial charge in [0.15, 0.2) is 22.5 Å². The van der Waals surface area contributed by atoms with Crippen LogP contribution in [-0.2, 0) is 11.3 Å². The van der Waals surface area contributed by atoms with Gasteiger partial charge in [0, 0.05) is 23.9 Å². The van der Waals surface area contributed by atoms with Crippen molar-refractivity contribution in [3.8, 4) is 22.9 Å². The molecule has 3 aromatic rings. The van der Waals surface area contributed by atoms with Crippen molar-refractivity contribution in [2.45, 2.75) is 11.7 Å². The Morgan fingerprint density at radius 2 is 1.93 bits per heavy atom. The normalized spacial score (nSPS) is 12.4. The average Bonchev–Trinajstić information content (AvgIpc) is 3.16. The van der Waals surface area contributed by atoms with Gasteiger partial charge in [-0.2, -0.15) is 0 Å². The quantitative estimate of drug-likeness (QED) is 0.475. The van der Waals surface area contributed by atoms with Gasteiger partial charge in [0.1, 0.15) is 13.2 Å². The molecule has 7 nitrogen and oxygen atoms in total. The number of ether oxygens (including phenoxy) is 2. The maximum atomic E-state index is 12.4. The molecular formula is C21H20N4O3S. The Balaban J connectivity index is 1.43. The van der Waals surface area contributed by atoms with Crippen LogP contribution in [0.3, 0.4) is 0 Å². The van der Waals surface area contributed by atoms with E-state index in [0.29, 0.717) is 42.1 Å². The first-order valence-electron chi connectivity index (χ1n) is 9.16. The highest BCUT2D eigenvalue weighted by atomic mass is 32.2. The van der Waals surface area contributed by atoms with Gasteiger partial charge in [-0.1, -0.05) is 48.2 Å². The van der Waals surface area contributed by atoms with Crippen molar-refractivity contribution < 1.29 is 14.3 Å². The standard InChI is InChI=1S/C21H20N4O3S/c1-2-10-25-20(15-6-4-3-5-7-15)23-24-21(25)29-14-19(26)22-16-8-9-17-18(13-16)28-12-11-27-17/h2-9,13H,1,10-12,14H2,(H,22,26). The Bertz CT molecular complexity index is 1020. The number of nitrogens with one attached hydrogen (secondary N) is 1. The van der Waals surface area contributed by atoms with Gasteiger partial charge in [-0.3, -0.25) is 9.36 Å². The van der Waals surface area contributed by atoms with Gasteiger partial charge in [0.25, 0.3) is 0 Å². The number of amides is 1. The minimum Gasteiger partial charge on any atom is -0.486 e. The minimum absolute atomic E-state index is 0.138. The molecular weight excluding hydrogens is 388 g/mol. The van der Waals surface area contributed by atoms with Crippen molar-refractivity contribution in [3.63, 3.8) is 0 Å². The SMILES string of the molecule is C=CCn1c(SCC(=O)Nc2ccc3c(c2)OCCO3)nnc1-c1ccccc1. The van der Waals surface area contributed by atoms with Crippen LogP contribution in [-0.4, -0.2) is 39.6 Å². The van der Waals surface area contributed by atoms with Crippen molar-refractivity contribution in [2.24, 2.45) is 0 Å². The highest BCUT2D eigenvalue weighted by molar-refractivity contribution is 7.99. The van der Waals surface area contributed by atoms with Crippen LogP contribution in [0.1, 0.15) is 0 Å². The van der Waals surface area contributed by atoms with E-state index in [0.717, 1.165) is 11.4 Å². The van der Waals surface area contributed by atoms with Crippen LogP contribution < -0.4 is 14.8 Å². The van der Waals surface area contributed by atoms with Crippen molar-refractivity contribution in [3.05, 3.63) is 61.2 Å². The van der Waals surface area contributed by atoms with Crippen molar-refractivity contribution in [2.75, 3.05) is 24.3 Å². The first-order valence-corrected chi connectivity index (χ1v) is 10.1. The molecule has 1 N–H and O–H groups in total. The number of carbonyl (C=O) groups is 1. The zero-order valence-electron chi connectivity index (χ0n) is 15.7. The molecule has 4 rings (SSSR count). The third-order valence-electron chi connectivity index (χ3n) is 4.22. The fourth-order valence-corrected chi connectivity index (χ4v) is 3.69. The van der Waals surface area contributed by atoms with Crippen molar-refractivity contribution in [1.82, 2.24) is 14.8 Å². The minimum atomic E-state index is -0.138. The predicted molar refractivity (Wildman–Crippen MR) is 112 cm³/mol. The lowest BCUT2D eigenvalue weighted by molar-refractivity contribution is -0.113. The van der Waals surface area contributed by atoms with Crippen molar-refractivity contribution >= 4 is 23.4 Å². The lowest BCUT2D eigenvalue weighted by Crippen LogP contribution is -2.17. The molecule has 148 valence electrons. The number of thioether (sulfide) groups is 1. The molecule has 0 unspecified atom stereocenters. The highest BCUT2D eigenvalue weighted by Gasteiger charge is 2.16. The van der Waals surface area contributed by atoms with E-state index < -0.39 is 0 Å². The molecule has 1 aromatic heterocycles. The Morgan fingerprint density at radius 3 is 2.72 bits per heavy atom. The van der Waals surface area contributed by atoms with E-state index in [1.807, 2.05) is 34.9 Å². The van der Waals surface area contributed by atoms with Gasteiger partial charge in [-0.05, 0) is 12.1 Å². The second kappa shape index (κ2) is 8.83. The summed E-state index contributed by atoms with van der Waals surface area (Å²) in [7, 11) is 0. The van der Waals surface area contributed by atoms with Gasteiger partial charge in [-0.15, -0.1) is 16.8 Å². The van der Waals surface area contributed by atoms with E-state index in [-0.39, 0.29) is 11.7 Å². The summed E-state index contributed by atoms with van der Waals surface area (Å²) < 4.78 is 13.0. The number of hydrogen-bond donors (Lipinski definition) is 1. The van der Waals surface area contributed by atoms with Crippen LogP contribution in [0.15, 0.2) is 66.3 Å². The van der Waals surface area contributed by atoms with Crippen LogP contribution in [0.4, 0.5) is 5.69 Å². The molecule has 0 bridgehead atoms. The summed E-state index contributed by atoms with van der Waals surface area (Å²) in [6.07, 6.45) is 1.79. The van der Waals surface area contributed by atoms with Gasteiger partial charge < -0.3 is 14.8 Å². The molecule has 2 heterocycles. The Kier molecular flexibility index (Phi) is 5.81. The van der Waals surface area contributed by atoms with Crippen LogP contribution >= 0.6 is 11.8 Å². The number of rotatable bonds is 7. The molecule has 2 aromatic carbocycles. The van der Waals surface area contributed by atoms with Crippen LogP contribution in [0.5, 0.6) is 11.5 Å². The van der Waals surface area contributed by atoms with Crippen LogP contribution in [0.2, 0.25) is 0 Å². The molecule has 1 aliphatic rings. The van der Waals surface area contributed by atoms with Crippen LogP contribution in [0.25, 0.3) is 11.4 Å². The summed E-state index contributed by atoms with van der Waals surface area (Å²) in [6.45, 7) is 5.41.